The number of anilines is 1. The lowest BCUT2D eigenvalue weighted by atomic mass is 10.3. The Hall–Kier alpha value is -1.69. The van der Waals surface area contributed by atoms with Gasteiger partial charge in [0.25, 0.3) is 0 Å². The minimum absolute atomic E-state index is 0.0849. The van der Waals surface area contributed by atoms with Crippen LogP contribution in [-0.4, -0.2) is 21.6 Å². The Morgan fingerprint density at radius 3 is 2.90 bits per heavy atom. The van der Waals surface area contributed by atoms with Gasteiger partial charge in [-0.05, 0) is 19.8 Å². The zero-order valence-electron chi connectivity index (χ0n) is 12.1. The van der Waals surface area contributed by atoms with E-state index >= 15 is 0 Å². The fraction of sp³-hybridized carbons (Fsp3) is 0.500. The molecule has 1 unspecified atom stereocenters. The molecule has 1 N–H and O–H groups in total. The monoisotopic (exact) mass is 292 g/mol. The van der Waals surface area contributed by atoms with Crippen molar-refractivity contribution < 1.29 is 4.74 Å². The van der Waals surface area contributed by atoms with Crippen LogP contribution in [0.1, 0.15) is 43.1 Å². The van der Waals surface area contributed by atoms with Gasteiger partial charge in [-0.2, -0.15) is 4.98 Å². The lowest BCUT2D eigenvalue weighted by Crippen LogP contribution is -2.09. The van der Waals surface area contributed by atoms with Gasteiger partial charge in [0.15, 0.2) is 0 Å². The summed E-state index contributed by atoms with van der Waals surface area (Å²) in [4.78, 5) is 14.3. The number of aryl methyl sites for hydroxylation is 1. The molecule has 1 atom stereocenters. The molecule has 2 rings (SSSR count). The summed E-state index contributed by atoms with van der Waals surface area (Å²) in [5.41, 5.74) is 0. The van der Waals surface area contributed by atoms with E-state index in [1.54, 1.807) is 23.6 Å². The van der Waals surface area contributed by atoms with Crippen molar-refractivity contribution in [2.75, 3.05) is 11.9 Å². The molecule has 0 fully saturated rings. The molecule has 0 aliphatic heterocycles. The van der Waals surface area contributed by atoms with Crippen molar-refractivity contribution in [3.63, 3.8) is 0 Å². The van der Waals surface area contributed by atoms with Gasteiger partial charge < -0.3 is 10.1 Å². The number of ether oxygens (including phenoxy) is 1. The van der Waals surface area contributed by atoms with E-state index < -0.39 is 0 Å². The highest BCUT2D eigenvalue weighted by molar-refractivity contribution is 7.11. The summed E-state index contributed by atoms with van der Waals surface area (Å²) in [6.07, 6.45) is 5.61. The average molecular weight is 292 g/mol. The van der Waals surface area contributed by atoms with Gasteiger partial charge in [0.05, 0.1) is 12.6 Å². The van der Waals surface area contributed by atoms with Gasteiger partial charge in [-0.25, -0.2) is 9.97 Å². The van der Waals surface area contributed by atoms with Crippen LogP contribution in [0.25, 0.3) is 0 Å². The largest absolute Gasteiger partial charge is 0.478 e. The van der Waals surface area contributed by atoms with Gasteiger partial charge in [0, 0.05) is 23.3 Å². The first kappa shape index (κ1) is 14.7. The molecule has 2 aromatic heterocycles. The Morgan fingerprint density at radius 1 is 1.35 bits per heavy atom. The molecule has 0 amide bonds. The summed E-state index contributed by atoms with van der Waals surface area (Å²) in [6.45, 7) is 6.92. The topological polar surface area (TPSA) is 59.9 Å². The second-order valence-corrected chi connectivity index (χ2v) is 5.60. The summed E-state index contributed by atoms with van der Waals surface area (Å²) in [6, 6.07) is 1.85. The molecule has 0 aliphatic carbocycles. The van der Waals surface area contributed by atoms with Gasteiger partial charge in [0.1, 0.15) is 5.01 Å². The highest BCUT2D eigenvalue weighted by Crippen LogP contribution is 2.23. The van der Waals surface area contributed by atoms with Crippen LogP contribution in [0, 0.1) is 0 Å². The Morgan fingerprint density at radius 2 is 2.20 bits per heavy atom. The molecule has 20 heavy (non-hydrogen) atoms. The van der Waals surface area contributed by atoms with Crippen LogP contribution in [-0.2, 0) is 6.42 Å². The maximum atomic E-state index is 5.50. The SMILES string of the molecule is CCCOc1ccnc(NC(C)c2ncc(CC)s2)n1. The van der Waals surface area contributed by atoms with Crippen LogP contribution < -0.4 is 10.1 Å². The third kappa shape index (κ3) is 3.90. The van der Waals surface area contributed by atoms with E-state index in [1.165, 1.54) is 4.88 Å². The van der Waals surface area contributed by atoms with Gasteiger partial charge in [-0.3, -0.25) is 0 Å². The van der Waals surface area contributed by atoms with Crippen LogP contribution in [0.5, 0.6) is 5.88 Å². The van der Waals surface area contributed by atoms with Gasteiger partial charge in [0.2, 0.25) is 11.8 Å². The van der Waals surface area contributed by atoms with E-state index in [2.05, 4.69) is 41.0 Å². The van der Waals surface area contributed by atoms with Crippen LogP contribution in [0.2, 0.25) is 0 Å². The average Bonchev–Trinajstić information content (AvgIpc) is 2.94. The Bertz CT molecular complexity index is 543. The first-order valence-corrected chi connectivity index (χ1v) is 7.71. The third-order valence-corrected chi connectivity index (χ3v) is 4.04. The fourth-order valence-electron chi connectivity index (χ4n) is 1.64. The quantitative estimate of drug-likeness (QED) is 0.847. The summed E-state index contributed by atoms with van der Waals surface area (Å²) >= 11 is 1.72. The molecule has 2 aromatic rings. The predicted molar refractivity (Wildman–Crippen MR) is 81.3 cm³/mol. The van der Waals surface area contributed by atoms with Crippen LogP contribution in [0.3, 0.4) is 0 Å². The van der Waals surface area contributed by atoms with Crippen molar-refractivity contribution in [3.8, 4) is 5.88 Å². The van der Waals surface area contributed by atoms with Crippen molar-refractivity contribution in [2.24, 2.45) is 0 Å². The van der Waals surface area contributed by atoms with E-state index in [0.29, 0.717) is 18.4 Å². The van der Waals surface area contributed by atoms with Crippen molar-refractivity contribution in [1.82, 2.24) is 15.0 Å². The van der Waals surface area contributed by atoms with Crippen molar-refractivity contribution in [1.29, 1.82) is 0 Å². The normalized spacial score (nSPS) is 12.2. The first-order chi connectivity index (χ1) is 9.72. The number of thiazole rings is 1. The smallest absolute Gasteiger partial charge is 0.226 e. The van der Waals surface area contributed by atoms with Crippen LogP contribution in [0.15, 0.2) is 18.5 Å². The summed E-state index contributed by atoms with van der Waals surface area (Å²) in [5, 5.41) is 4.30. The standard InChI is InChI=1S/C14H20N4OS/c1-4-8-19-12-6-7-15-14(18-12)17-10(3)13-16-9-11(5-2)20-13/h6-7,9-10H,4-5,8H2,1-3H3,(H,15,17,18). The lowest BCUT2D eigenvalue weighted by Gasteiger charge is -2.11. The third-order valence-electron chi connectivity index (χ3n) is 2.72. The van der Waals surface area contributed by atoms with Crippen molar-refractivity contribution >= 4 is 17.3 Å². The van der Waals surface area contributed by atoms with E-state index in [-0.39, 0.29) is 6.04 Å². The number of hydrogen-bond acceptors (Lipinski definition) is 6. The number of nitrogens with zero attached hydrogens (tertiary/aromatic N) is 3. The highest BCUT2D eigenvalue weighted by Gasteiger charge is 2.11. The number of nitrogens with one attached hydrogen (secondary N) is 1. The van der Waals surface area contributed by atoms with Crippen molar-refractivity contribution in [3.05, 3.63) is 28.3 Å². The maximum absolute atomic E-state index is 5.50. The number of rotatable bonds is 7. The molecule has 108 valence electrons. The van der Waals surface area contributed by atoms with Crippen LogP contribution >= 0.6 is 11.3 Å². The zero-order chi connectivity index (χ0) is 14.4. The van der Waals surface area contributed by atoms with Gasteiger partial charge in [-0.15, -0.1) is 11.3 Å². The minimum atomic E-state index is 0.0849. The first-order valence-electron chi connectivity index (χ1n) is 6.90. The molecular formula is C14H20N4OS. The number of aromatic nitrogens is 3. The van der Waals surface area contributed by atoms with Crippen LogP contribution in [0.4, 0.5) is 5.95 Å². The minimum Gasteiger partial charge on any atom is -0.478 e. The van der Waals surface area contributed by atoms with Gasteiger partial charge in [-0.1, -0.05) is 13.8 Å². The molecule has 6 heteroatoms. The van der Waals surface area contributed by atoms with E-state index in [9.17, 15) is 0 Å². The maximum Gasteiger partial charge on any atom is 0.226 e. The predicted octanol–water partition coefficient (Wildman–Crippen LogP) is 3.46. The van der Waals surface area contributed by atoms with E-state index in [1.807, 2.05) is 6.20 Å². The fourth-order valence-corrected chi connectivity index (χ4v) is 2.50. The Kier molecular flexibility index (Phi) is 5.29. The van der Waals surface area contributed by atoms with E-state index in [0.717, 1.165) is 17.8 Å². The Labute approximate surface area is 123 Å². The van der Waals surface area contributed by atoms with Crippen molar-refractivity contribution in [2.45, 2.75) is 39.7 Å². The van der Waals surface area contributed by atoms with E-state index in [4.69, 9.17) is 4.74 Å². The molecule has 0 saturated heterocycles. The lowest BCUT2D eigenvalue weighted by molar-refractivity contribution is 0.305. The molecule has 0 aromatic carbocycles. The summed E-state index contributed by atoms with van der Waals surface area (Å²) in [5.74, 6) is 1.17. The summed E-state index contributed by atoms with van der Waals surface area (Å²) < 4.78 is 5.50. The molecule has 0 aliphatic rings. The summed E-state index contributed by atoms with van der Waals surface area (Å²) in [7, 11) is 0. The molecule has 0 bridgehead atoms. The van der Waals surface area contributed by atoms with Gasteiger partial charge >= 0.3 is 0 Å². The molecular weight excluding hydrogens is 272 g/mol. The molecule has 0 saturated carbocycles. The highest BCUT2D eigenvalue weighted by atomic mass is 32.1. The second kappa shape index (κ2) is 7.19. The second-order valence-electron chi connectivity index (χ2n) is 4.45. The Balaban J connectivity index is 2.01. The molecule has 5 nitrogen and oxygen atoms in total. The molecule has 2 heterocycles. The number of hydrogen-bond donors (Lipinski definition) is 1. The molecule has 0 spiro atoms. The molecule has 0 radical (unpaired) electrons. The zero-order valence-corrected chi connectivity index (χ0v) is 12.9.